The van der Waals surface area contributed by atoms with Gasteiger partial charge in [0, 0.05) is 25.7 Å². The maximum Gasteiger partial charge on any atom is 0.0471 e. The van der Waals surface area contributed by atoms with Gasteiger partial charge in [-0.3, -0.25) is 4.90 Å². The van der Waals surface area contributed by atoms with E-state index in [1.165, 1.54) is 24.0 Å². The van der Waals surface area contributed by atoms with Crippen molar-refractivity contribution in [3.63, 3.8) is 0 Å². The topological polar surface area (TPSA) is 23.5 Å². The molecule has 1 saturated heterocycles. The highest BCUT2D eigenvalue weighted by Gasteiger charge is 2.24. The minimum absolute atomic E-state index is 0.330. The summed E-state index contributed by atoms with van der Waals surface area (Å²) in [6, 6.07) is 9.36. The smallest absolute Gasteiger partial charge is 0.0471 e. The number of aryl methyl sites for hydroxylation is 1. The first-order chi connectivity index (χ1) is 8.19. The van der Waals surface area contributed by atoms with E-state index in [-0.39, 0.29) is 0 Å². The third-order valence-electron chi connectivity index (χ3n) is 3.84. The van der Waals surface area contributed by atoms with Crippen LogP contribution in [0.2, 0.25) is 0 Å². The molecular weight excluding hydrogens is 210 g/mol. The van der Waals surface area contributed by atoms with E-state index in [0.29, 0.717) is 18.6 Å². The summed E-state index contributed by atoms with van der Waals surface area (Å²) in [7, 11) is 0. The Morgan fingerprint density at radius 1 is 1.35 bits per heavy atom. The van der Waals surface area contributed by atoms with Crippen LogP contribution in [0.3, 0.4) is 0 Å². The van der Waals surface area contributed by atoms with Crippen LogP contribution in [-0.4, -0.2) is 29.2 Å². The van der Waals surface area contributed by atoms with Crippen LogP contribution in [-0.2, 0) is 6.54 Å². The van der Waals surface area contributed by atoms with Crippen molar-refractivity contribution in [1.82, 2.24) is 4.90 Å². The second-order valence-electron chi connectivity index (χ2n) is 5.39. The zero-order chi connectivity index (χ0) is 12.3. The molecule has 0 spiro atoms. The summed E-state index contributed by atoms with van der Waals surface area (Å²) in [6.07, 6.45) is 2.37. The van der Waals surface area contributed by atoms with Crippen molar-refractivity contribution < 1.29 is 5.11 Å². The highest BCUT2D eigenvalue weighted by atomic mass is 16.3. The van der Waals surface area contributed by atoms with Gasteiger partial charge >= 0.3 is 0 Å². The van der Waals surface area contributed by atoms with Crippen molar-refractivity contribution in [2.24, 2.45) is 5.92 Å². The SMILES string of the molecule is Cc1cccc(CN2CC(CO)CCC2C)c1. The van der Waals surface area contributed by atoms with Gasteiger partial charge in [0.15, 0.2) is 0 Å². The van der Waals surface area contributed by atoms with Gasteiger partial charge in [-0.2, -0.15) is 0 Å². The summed E-state index contributed by atoms with van der Waals surface area (Å²) < 4.78 is 0. The standard InChI is InChI=1S/C15H23NO/c1-12-4-3-5-14(8-12)9-16-10-15(11-17)7-6-13(16)2/h3-5,8,13,15,17H,6-7,9-11H2,1-2H3. The van der Waals surface area contributed by atoms with E-state index in [9.17, 15) is 5.11 Å². The summed E-state index contributed by atoms with van der Waals surface area (Å²) in [5, 5.41) is 9.28. The predicted molar refractivity (Wildman–Crippen MR) is 70.9 cm³/mol. The third-order valence-corrected chi connectivity index (χ3v) is 3.84. The lowest BCUT2D eigenvalue weighted by atomic mass is 9.93. The normalized spacial score (nSPS) is 26.1. The zero-order valence-electron chi connectivity index (χ0n) is 10.9. The second-order valence-corrected chi connectivity index (χ2v) is 5.39. The van der Waals surface area contributed by atoms with Crippen LogP contribution >= 0.6 is 0 Å². The molecule has 1 heterocycles. The van der Waals surface area contributed by atoms with Crippen LogP contribution < -0.4 is 0 Å². The van der Waals surface area contributed by atoms with Crippen LogP contribution in [0.25, 0.3) is 0 Å². The minimum Gasteiger partial charge on any atom is -0.396 e. The highest BCUT2D eigenvalue weighted by molar-refractivity contribution is 5.22. The molecule has 0 bridgehead atoms. The molecule has 1 aromatic carbocycles. The first-order valence-corrected chi connectivity index (χ1v) is 6.59. The van der Waals surface area contributed by atoms with Gasteiger partial charge < -0.3 is 5.11 Å². The summed E-state index contributed by atoms with van der Waals surface area (Å²) in [5.41, 5.74) is 2.71. The predicted octanol–water partition coefficient (Wildman–Crippen LogP) is 2.59. The Balaban J connectivity index is 2.01. The number of piperidine rings is 1. The number of hydrogen-bond acceptors (Lipinski definition) is 2. The van der Waals surface area contributed by atoms with E-state index in [2.05, 4.69) is 43.0 Å². The van der Waals surface area contributed by atoms with Crippen molar-refractivity contribution in [1.29, 1.82) is 0 Å². The number of aliphatic hydroxyl groups excluding tert-OH is 1. The Morgan fingerprint density at radius 3 is 2.88 bits per heavy atom. The molecule has 1 aromatic rings. The van der Waals surface area contributed by atoms with Gasteiger partial charge in [-0.25, -0.2) is 0 Å². The fourth-order valence-electron chi connectivity index (χ4n) is 2.68. The molecule has 1 aliphatic rings. The van der Waals surface area contributed by atoms with Gasteiger partial charge in [0.05, 0.1) is 0 Å². The Hall–Kier alpha value is -0.860. The quantitative estimate of drug-likeness (QED) is 0.867. The number of nitrogens with zero attached hydrogens (tertiary/aromatic N) is 1. The molecule has 0 radical (unpaired) electrons. The fourth-order valence-corrected chi connectivity index (χ4v) is 2.68. The summed E-state index contributed by atoms with van der Waals surface area (Å²) in [4.78, 5) is 2.50. The van der Waals surface area contributed by atoms with Gasteiger partial charge in [0.1, 0.15) is 0 Å². The van der Waals surface area contributed by atoms with Gasteiger partial charge in [-0.1, -0.05) is 29.8 Å². The van der Waals surface area contributed by atoms with Crippen molar-refractivity contribution in [3.8, 4) is 0 Å². The van der Waals surface area contributed by atoms with E-state index >= 15 is 0 Å². The average Bonchev–Trinajstić information content (AvgIpc) is 2.32. The Morgan fingerprint density at radius 2 is 2.18 bits per heavy atom. The molecule has 2 nitrogen and oxygen atoms in total. The lowest BCUT2D eigenvalue weighted by Crippen LogP contribution is -2.42. The number of rotatable bonds is 3. The largest absolute Gasteiger partial charge is 0.396 e. The zero-order valence-corrected chi connectivity index (χ0v) is 10.9. The molecule has 2 heteroatoms. The van der Waals surface area contributed by atoms with Gasteiger partial charge in [0.2, 0.25) is 0 Å². The van der Waals surface area contributed by atoms with Crippen LogP contribution in [0, 0.1) is 12.8 Å². The maximum atomic E-state index is 9.28. The molecule has 2 rings (SSSR count). The lowest BCUT2D eigenvalue weighted by molar-refractivity contribution is 0.0771. The molecule has 0 saturated carbocycles. The molecule has 1 N–H and O–H groups in total. The second kappa shape index (κ2) is 5.65. The van der Waals surface area contributed by atoms with Crippen molar-refractivity contribution in [2.75, 3.05) is 13.2 Å². The van der Waals surface area contributed by atoms with Crippen molar-refractivity contribution >= 4 is 0 Å². The Kier molecular flexibility index (Phi) is 4.19. The molecule has 2 atom stereocenters. The van der Waals surface area contributed by atoms with E-state index in [0.717, 1.165) is 13.1 Å². The monoisotopic (exact) mass is 233 g/mol. The number of aliphatic hydroxyl groups is 1. The van der Waals surface area contributed by atoms with Gasteiger partial charge in [-0.15, -0.1) is 0 Å². The van der Waals surface area contributed by atoms with E-state index in [1.807, 2.05) is 0 Å². The molecule has 0 aliphatic carbocycles. The van der Waals surface area contributed by atoms with Crippen LogP contribution in [0.15, 0.2) is 24.3 Å². The highest BCUT2D eigenvalue weighted by Crippen LogP contribution is 2.23. The van der Waals surface area contributed by atoms with E-state index in [1.54, 1.807) is 0 Å². The van der Waals surface area contributed by atoms with Crippen molar-refractivity contribution in [2.45, 2.75) is 39.3 Å². The first-order valence-electron chi connectivity index (χ1n) is 6.59. The molecule has 1 fully saturated rings. The molecule has 94 valence electrons. The Labute approximate surface area is 104 Å². The fraction of sp³-hybridized carbons (Fsp3) is 0.600. The lowest BCUT2D eigenvalue weighted by Gasteiger charge is -2.37. The van der Waals surface area contributed by atoms with Crippen molar-refractivity contribution in [3.05, 3.63) is 35.4 Å². The maximum absolute atomic E-state index is 9.28. The minimum atomic E-state index is 0.330. The Bertz CT molecular complexity index is 364. The van der Waals surface area contributed by atoms with Crippen LogP contribution in [0.5, 0.6) is 0 Å². The first kappa shape index (κ1) is 12.6. The number of hydrogen-bond donors (Lipinski definition) is 1. The van der Waals surface area contributed by atoms with Crippen LogP contribution in [0.1, 0.15) is 30.9 Å². The molecule has 17 heavy (non-hydrogen) atoms. The van der Waals surface area contributed by atoms with E-state index < -0.39 is 0 Å². The summed E-state index contributed by atoms with van der Waals surface area (Å²) >= 11 is 0. The molecular formula is C15H23NO. The summed E-state index contributed by atoms with van der Waals surface area (Å²) in [6.45, 7) is 6.81. The molecule has 2 unspecified atom stereocenters. The average molecular weight is 233 g/mol. The molecule has 0 amide bonds. The van der Waals surface area contributed by atoms with Gasteiger partial charge in [0.25, 0.3) is 0 Å². The molecule has 0 aromatic heterocycles. The van der Waals surface area contributed by atoms with Crippen LogP contribution in [0.4, 0.5) is 0 Å². The van der Waals surface area contributed by atoms with E-state index in [4.69, 9.17) is 0 Å². The summed E-state index contributed by atoms with van der Waals surface area (Å²) in [5.74, 6) is 0.469. The molecule has 1 aliphatic heterocycles. The van der Waals surface area contributed by atoms with Gasteiger partial charge in [-0.05, 0) is 38.2 Å². The third kappa shape index (κ3) is 3.30. The number of likely N-dealkylation sites (tertiary alicyclic amines) is 1. The number of benzene rings is 1.